The van der Waals surface area contributed by atoms with E-state index in [1.165, 1.54) is 6.08 Å². The summed E-state index contributed by atoms with van der Waals surface area (Å²) in [5.74, 6) is -1.55. The lowest BCUT2D eigenvalue weighted by Crippen LogP contribution is -2.03. The largest absolute Gasteiger partial charge is 0.481 e. The topological polar surface area (TPSA) is 37.3 Å². The molecule has 1 saturated carbocycles. The molecule has 0 aliphatic heterocycles. The molecule has 2 atom stereocenters. The average molecular weight is 330 g/mol. The monoisotopic (exact) mass is 328 g/mol. The molecule has 0 saturated heterocycles. The second-order valence-corrected chi connectivity index (χ2v) is 6.60. The maximum atomic E-state index is 11.1. The summed E-state index contributed by atoms with van der Waals surface area (Å²) in [6.07, 6.45) is 4.68. The second-order valence-electron chi connectivity index (χ2n) is 4.65. The van der Waals surface area contributed by atoms with Crippen LogP contribution in [0.4, 0.5) is 0 Å². The van der Waals surface area contributed by atoms with Crippen molar-refractivity contribution in [3.05, 3.63) is 32.8 Å². The number of aliphatic carboxylic acids is 1. The van der Waals surface area contributed by atoms with Crippen LogP contribution >= 0.6 is 46.4 Å². The van der Waals surface area contributed by atoms with Gasteiger partial charge in [0.2, 0.25) is 0 Å². The standard InChI is InChI=1S/C12H12Cl4O2/c1-12(2)8(9(12)11(17)18)6(10(15)16)4-3-5-7(13)14/h3-5,8-9H,1-2H3,(H,17,18). The number of rotatable bonds is 4. The van der Waals surface area contributed by atoms with E-state index >= 15 is 0 Å². The summed E-state index contributed by atoms with van der Waals surface area (Å²) >= 11 is 22.6. The zero-order chi connectivity index (χ0) is 14.1. The highest BCUT2D eigenvalue weighted by Gasteiger charge is 2.63. The van der Waals surface area contributed by atoms with Crippen LogP contribution in [0.15, 0.2) is 32.8 Å². The van der Waals surface area contributed by atoms with Gasteiger partial charge >= 0.3 is 5.97 Å². The molecule has 0 amide bonds. The lowest BCUT2D eigenvalue weighted by atomic mass is 10.0. The SMILES string of the molecule is CC1(C)C(C(=O)O)C1C(C=CC=C(Cl)Cl)=C(Cl)Cl. The average Bonchev–Trinajstić information content (AvgIpc) is 2.75. The van der Waals surface area contributed by atoms with Gasteiger partial charge in [-0.2, -0.15) is 0 Å². The molecule has 18 heavy (non-hydrogen) atoms. The maximum absolute atomic E-state index is 11.1. The summed E-state index contributed by atoms with van der Waals surface area (Å²) in [7, 11) is 0. The molecule has 0 aromatic carbocycles. The van der Waals surface area contributed by atoms with Crippen molar-refractivity contribution in [2.45, 2.75) is 13.8 Å². The van der Waals surface area contributed by atoms with E-state index in [9.17, 15) is 4.79 Å². The quantitative estimate of drug-likeness (QED) is 0.744. The molecule has 0 aromatic rings. The van der Waals surface area contributed by atoms with E-state index in [1.807, 2.05) is 13.8 Å². The van der Waals surface area contributed by atoms with E-state index in [4.69, 9.17) is 51.5 Å². The van der Waals surface area contributed by atoms with Crippen LogP contribution in [0.3, 0.4) is 0 Å². The lowest BCUT2D eigenvalue weighted by molar-refractivity contribution is -0.139. The number of carboxylic acids is 1. The van der Waals surface area contributed by atoms with Gasteiger partial charge < -0.3 is 5.11 Å². The highest BCUT2D eigenvalue weighted by atomic mass is 35.5. The first-order chi connectivity index (χ1) is 8.19. The van der Waals surface area contributed by atoms with Gasteiger partial charge in [0.05, 0.1) is 5.92 Å². The molecule has 100 valence electrons. The van der Waals surface area contributed by atoms with Crippen molar-refractivity contribution in [3.8, 4) is 0 Å². The minimum Gasteiger partial charge on any atom is -0.481 e. The van der Waals surface area contributed by atoms with Gasteiger partial charge in [-0.1, -0.05) is 72.4 Å². The molecule has 1 aliphatic carbocycles. The van der Waals surface area contributed by atoms with Crippen molar-refractivity contribution in [1.82, 2.24) is 0 Å². The minimum absolute atomic E-state index is 0.0622. The number of allylic oxidation sites excluding steroid dienone is 4. The molecule has 1 aliphatic rings. The Labute approximate surface area is 126 Å². The van der Waals surface area contributed by atoms with E-state index in [0.29, 0.717) is 5.57 Å². The number of hydrogen-bond acceptors (Lipinski definition) is 1. The molecule has 0 heterocycles. The van der Waals surface area contributed by atoms with Crippen LogP contribution in [-0.2, 0) is 4.79 Å². The summed E-state index contributed by atoms with van der Waals surface area (Å²) in [4.78, 5) is 11.1. The normalized spacial score (nSPS) is 24.8. The fourth-order valence-electron chi connectivity index (χ4n) is 2.19. The molecule has 0 aromatic heterocycles. The predicted molar refractivity (Wildman–Crippen MR) is 76.1 cm³/mol. The van der Waals surface area contributed by atoms with E-state index in [2.05, 4.69) is 0 Å². The Morgan fingerprint density at radius 1 is 1.17 bits per heavy atom. The molecule has 0 radical (unpaired) electrons. The van der Waals surface area contributed by atoms with Gasteiger partial charge in [0.1, 0.15) is 8.98 Å². The Hall–Kier alpha value is -0.150. The molecule has 2 nitrogen and oxygen atoms in total. The van der Waals surface area contributed by atoms with E-state index in [-0.39, 0.29) is 20.3 Å². The van der Waals surface area contributed by atoms with E-state index < -0.39 is 11.9 Å². The van der Waals surface area contributed by atoms with Gasteiger partial charge in [-0.05, 0) is 17.1 Å². The van der Waals surface area contributed by atoms with Crippen molar-refractivity contribution in [2.75, 3.05) is 0 Å². The minimum atomic E-state index is -0.851. The molecule has 6 heteroatoms. The van der Waals surface area contributed by atoms with E-state index in [1.54, 1.807) is 12.2 Å². The van der Waals surface area contributed by atoms with Gasteiger partial charge in [0.25, 0.3) is 0 Å². The lowest BCUT2D eigenvalue weighted by Gasteiger charge is -2.03. The zero-order valence-electron chi connectivity index (χ0n) is 9.75. The number of halogens is 4. The van der Waals surface area contributed by atoms with Crippen LogP contribution < -0.4 is 0 Å². The Morgan fingerprint density at radius 2 is 1.72 bits per heavy atom. The van der Waals surface area contributed by atoms with Gasteiger partial charge in [0.15, 0.2) is 0 Å². The van der Waals surface area contributed by atoms with Crippen LogP contribution in [0, 0.1) is 17.3 Å². The fraction of sp³-hybridized carbons (Fsp3) is 0.417. The van der Waals surface area contributed by atoms with Crippen molar-refractivity contribution in [1.29, 1.82) is 0 Å². The highest BCUT2D eigenvalue weighted by Crippen LogP contribution is 2.62. The van der Waals surface area contributed by atoms with Crippen molar-refractivity contribution in [2.24, 2.45) is 17.3 Å². The van der Waals surface area contributed by atoms with Crippen molar-refractivity contribution < 1.29 is 9.90 Å². The Bertz CT molecular complexity index is 441. The van der Waals surface area contributed by atoms with Crippen LogP contribution in [-0.4, -0.2) is 11.1 Å². The Balaban J connectivity index is 2.98. The third-order valence-electron chi connectivity index (χ3n) is 3.14. The van der Waals surface area contributed by atoms with Gasteiger partial charge in [-0.3, -0.25) is 4.79 Å². The van der Waals surface area contributed by atoms with Crippen LogP contribution in [0.5, 0.6) is 0 Å². The second kappa shape index (κ2) is 5.87. The number of hydrogen-bond donors (Lipinski definition) is 1. The molecular formula is C12H12Cl4O2. The van der Waals surface area contributed by atoms with Crippen LogP contribution in [0.1, 0.15) is 13.8 Å². The number of carbonyl (C=O) groups is 1. The third-order valence-corrected chi connectivity index (χ3v) is 3.83. The molecule has 1 rings (SSSR count). The first-order valence-electron chi connectivity index (χ1n) is 5.17. The predicted octanol–water partition coefficient (Wildman–Crippen LogP) is 4.91. The van der Waals surface area contributed by atoms with Gasteiger partial charge in [0, 0.05) is 5.92 Å². The first kappa shape index (κ1) is 15.9. The molecule has 1 fully saturated rings. The van der Waals surface area contributed by atoms with Crippen LogP contribution in [0.2, 0.25) is 0 Å². The Morgan fingerprint density at radius 3 is 2.06 bits per heavy atom. The Kier molecular flexibility index (Phi) is 5.19. The molecule has 0 bridgehead atoms. The molecule has 0 spiro atoms. The first-order valence-corrected chi connectivity index (χ1v) is 6.68. The maximum Gasteiger partial charge on any atom is 0.307 e. The summed E-state index contributed by atoms with van der Waals surface area (Å²) < 4.78 is 0.160. The summed E-state index contributed by atoms with van der Waals surface area (Å²) in [6, 6.07) is 0. The van der Waals surface area contributed by atoms with Crippen molar-refractivity contribution in [3.63, 3.8) is 0 Å². The summed E-state index contributed by atoms with van der Waals surface area (Å²) in [5.41, 5.74) is 0.219. The van der Waals surface area contributed by atoms with Crippen LogP contribution in [0.25, 0.3) is 0 Å². The zero-order valence-corrected chi connectivity index (χ0v) is 12.8. The fourth-order valence-corrected chi connectivity index (χ4v) is 2.69. The molecule has 1 N–H and O–H groups in total. The van der Waals surface area contributed by atoms with E-state index in [0.717, 1.165) is 0 Å². The molecular weight excluding hydrogens is 318 g/mol. The summed E-state index contributed by atoms with van der Waals surface area (Å²) in [5, 5.41) is 9.12. The third kappa shape index (κ3) is 3.45. The number of carboxylic acid groups (broad SMARTS) is 1. The summed E-state index contributed by atoms with van der Waals surface area (Å²) in [6.45, 7) is 3.73. The van der Waals surface area contributed by atoms with Gasteiger partial charge in [-0.25, -0.2) is 0 Å². The van der Waals surface area contributed by atoms with Gasteiger partial charge in [-0.15, -0.1) is 0 Å². The smallest absolute Gasteiger partial charge is 0.307 e. The molecule has 2 unspecified atom stereocenters. The highest BCUT2D eigenvalue weighted by molar-refractivity contribution is 6.56. The van der Waals surface area contributed by atoms with Crippen molar-refractivity contribution >= 4 is 52.4 Å².